The normalized spacial score (nSPS) is 20.9. The van der Waals surface area contributed by atoms with Crippen molar-refractivity contribution in [2.75, 3.05) is 13.2 Å². The van der Waals surface area contributed by atoms with Crippen LogP contribution in [0, 0.1) is 0 Å². The van der Waals surface area contributed by atoms with Crippen molar-refractivity contribution in [1.29, 1.82) is 0 Å². The second-order valence-electron chi connectivity index (χ2n) is 9.56. The van der Waals surface area contributed by atoms with Crippen LogP contribution < -0.4 is 5.32 Å². The maximum atomic E-state index is 13.4. The van der Waals surface area contributed by atoms with Gasteiger partial charge in [0, 0.05) is 6.54 Å². The molecule has 10 heteroatoms. The van der Waals surface area contributed by atoms with Gasteiger partial charge in [0.25, 0.3) is 0 Å². The number of carbonyl (C=O) groups is 3. The molecule has 2 saturated heterocycles. The second kappa shape index (κ2) is 11.3. The lowest BCUT2D eigenvalue weighted by molar-refractivity contribution is -0.157. The van der Waals surface area contributed by atoms with E-state index >= 15 is 0 Å². The maximum absolute atomic E-state index is 13.4. The number of hydrogen-bond donors (Lipinski definition) is 1. The zero-order valence-corrected chi connectivity index (χ0v) is 21.3. The summed E-state index contributed by atoms with van der Waals surface area (Å²) in [4.78, 5) is 41.7. The lowest BCUT2D eigenvalue weighted by Crippen LogP contribution is -2.71. The Kier molecular flexibility index (Phi) is 7.59. The van der Waals surface area contributed by atoms with E-state index in [1.54, 1.807) is 6.08 Å². The summed E-state index contributed by atoms with van der Waals surface area (Å²) in [6.45, 7) is -0.358. The first kappa shape index (κ1) is 27.0. The summed E-state index contributed by atoms with van der Waals surface area (Å²) in [6.07, 6.45) is -1.52. The Labute approximate surface area is 228 Å². The van der Waals surface area contributed by atoms with Crippen molar-refractivity contribution in [2.45, 2.75) is 30.8 Å². The van der Waals surface area contributed by atoms with Crippen LogP contribution in [-0.4, -0.2) is 52.9 Å². The molecule has 3 atom stereocenters. The molecule has 2 aliphatic rings. The molecule has 0 spiro atoms. The van der Waals surface area contributed by atoms with Crippen LogP contribution >= 0.6 is 0 Å². The van der Waals surface area contributed by atoms with Gasteiger partial charge in [-0.25, -0.2) is 4.79 Å². The van der Waals surface area contributed by atoms with E-state index in [0.29, 0.717) is 0 Å². The van der Waals surface area contributed by atoms with E-state index in [1.165, 1.54) is 21.9 Å². The molecule has 3 amide bonds. The zero-order chi connectivity index (χ0) is 28.3. The molecule has 2 aliphatic heterocycles. The molecule has 0 aromatic heterocycles. The van der Waals surface area contributed by atoms with Crippen LogP contribution in [0.4, 0.5) is 18.0 Å². The quantitative estimate of drug-likeness (QED) is 0.409. The molecule has 1 unspecified atom stereocenters. The van der Waals surface area contributed by atoms with Crippen LogP contribution in [0.2, 0.25) is 0 Å². The highest BCUT2D eigenvalue weighted by Crippen LogP contribution is 2.37. The Morgan fingerprint density at radius 3 is 2.38 bits per heavy atom. The van der Waals surface area contributed by atoms with Crippen molar-refractivity contribution in [3.05, 3.63) is 113 Å². The third kappa shape index (κ3) is 5.70. The summed E-state index contributed by atoms with van der Waals surface area (Å²) in [5, 5.41) is 2.59. The summed E-state index contributed by atoms with van der Waals surface area (Å²) in [6, 6.07) is 21.3. The zero-order valence-electron chi connectivity index (χ0n) is 21.3. The minimum Gasteiger partial charge on any atom is -0.447 e. The van der Waals surface area contributed by atoms with E-state index in [1.807, 2.05) is 66.7 Å². The average Bonchev–Trinajstić information content (AvgIpc) is 3.33. The van der Waals surface area contributed by atoms with E-state index in [0.717, 1.165) is 23.3 Å². The number of β-lactam (4-membered cyclic amide) rings is 1. The fourth-order valence-corrected chi connectivity index (χ4v) is 4.94. The lowest BCUT2D eigenvalue weighted by Gasteiger charge is -2.49. The first-order valence-electron chi connectivity index (χ1n) is 12.7. The molecule has 2 fully saturated rings. The number of rotatable bonds is 8. The topological polar surface area (TPSA) is 79.0 Å². The smallest absolute Gasteiger partial charge is 0.416 e. The first-order chi connectivity index (χ1) is 19.2. The lowest BCUT2D eigenvalue weighted by atomic mass is 9.90. The Balaban J connectivity index is 1.33. The molecule has 206 valence electrons. The Hall–Kier alpha value is -4.60. The number of hydrogen-bond acceptors (Lipinski definition) is 4. The van der Waals surface area contributed by atoms with Crippen LogP contribution in [0.5, 0.6) is 0 Å². The third-order valence-electron chi connectivity index (χ3n) is 6.96. The Bertz CT molecular complexity index is 1410. The number of nitrogens with zero attached hydrogens (tertiary/aromatic N) is 2. The van der Waals surface area contributed by atoms with Crippen LogP contribution in [-0.2, 0) is 27.0 Å². The number of nitrogens with one attached hydrogen (secondary N) is 1. The van der Waals surface area contributed by atoms with Gasteiger partial charge in [-0.05, 0) is 28.8 Å². The molecule has 3 aromatic carbocycles. The second-order valence-corrected chi connectivity index (χ2v) is 9.56. The van der Waals surface area contributed by atoms with E-state index in [2.05, 4.69) is 5.32 Å². The Morgan fingerprint density at radius 1 is 0.975 bits per heavy atom. The number of carbonyl (C=O) groups excluding carboxylic acids is 3. The fraction of sp³-hybridized carbons (Fsp3) is 0.233. The highest BCUT2D eigenvalue weighted by atomic mass is 19.4. The van der Waals surface area contributed by atoms with Crippen molar-refractivity contribution >= 4 is 24.0 Å². The molecule has 0 aliphatic carbocycles. The largest absolute Gasteiger partial charge is 0.447 e. The fourth-order valence-electron chi connectivity index (χ4n) is 4.94. The highest BCUT2D eigenvalue weighted by Gasteiger charge is 2.55. The van der Waals surface area contributed by atoms with Gasteiger partial charge < -0.3 is 15.0 Å². The molecule has 3 aromatic rings. The number of amides is 3. The molecule has 0 radical (unpaired) electrons. The number of likely N-dealkylation sites (tertiary alicyclic amines) is 1. The number of alkyl halides is 3. The van der Waals surface area contributed by atoms with Crippen molar-refractivity contribution in [1.82, 2.24) is 15.1 Å². The predicted octanol–water partition coefficient (Wildman–Crippen LogP) is 4.81. The van der Waals surface area contributed by atoms with Crippen molar-refractivity contribution in [2.24, 2.45) is 0 Å². The standard InChI is InChI=1S/C30H26F3N3O4/c31-30(32,33)23-13-7-10-21(16-23)17-34-26(37)18-35-24(15-14-20-8-3-1-4-9-20)27(28(35)38)36-25(19-40-29(36)39)22-11-5-2-6-12-22/h1-16,24-25,27H,17-19H2,(H,34,37)/b15-14+/t24-,25?,27+/m1/s1. The molecule has 7 nitrogen and oxygen atoms in total. The summed E-state index contributed by atoms with van der Waals surface area (Å²) in [7, 11) is 0. The van der Waals surface area contributed by atoms with Gasteiger partial charge in [0.2, 0.25) is 11.8 Å². The van der Waals surface area contributed by atoms with Gasteiger partial charge in [0.15, 0.2) is 0 Å². The van der Waals surface area contributed by atoms with Gasteiger partial charge in [-0.15, -0.1) is 0 Å². The maximum Gasteiger partial charge on any atom is 0.416 e. The molecule has 1 N–H and O–H groups in total. The van der Waals surface area contributed by atoms with Crippen LogP contribution in [0.15, 0.2) is 91.0 Å². The van der Waals surface area contributed by atoms with Gasteiger partial charge in [-0.1, -0.05) is 84.9 Å². The van der Waals surface area contributed by atoms with E-state index in [9.17, 15) is 27.6 Å². The number of benzene rings is 3. The predicted molar refractivity (Wildman–Crippen MR) is 140 cm³/mol. The molecular formula is C30H26F3N3O4. The number of cyclic esters (lactones) is 1. The van der Waals surface area contributed by atoms with Gasteiger partial charge in [-0.2, -0.15) is 13.2 Å². The Morgan fingerprint density at radius 2 is 1.68 bits per heavy atom. The molecule has 40 heavy (non-hydrogen) atoms. The summed E-state index contributed by atoms with van der Waals surface area (Å²) in [5.41, 5.74) is 1.17. The van der Waals surface area contributed by atoms with Crippen molar-refractivity contribution in [3.63, 3.8) is 0 Å². The van der Waals surface area contributed by atoms with Gasteiger partial charge in [-0.3, -0.25) is 14.5 Å². The minimum absolute atomic E-state index is 0.0965. The van der Waals surface area contributed by atoms with E-state index in [4.69, 9.17) is 4.74 Å². The van der Waals surface area contributed by atoms with Crippen LogP contribution in [0.3, 0.4) is 0 Å². The van der Waals surface area contributed by atoms with Crippen LogP contribution in [0.1, 0.15) is 28.3 Å². The van der Waals surface area contributed by atoms with Gasteiger partial charge in [0.05, 0.1) is 17.6 Å². The van der Waals surface area contributed by atoms with E-state index in [-0.39, 0.29) is 25.3 Å². The molecule has 0 saturated carbocycles. The monoisotopic (exact) mass is 549 g/mol. The SMILES string of the molecule is O=C(CN1C(=O)[C@@H](N2C(=O)OCC2c2ccccc2)[C@H]1/C=C/c1ccccc1)NCc1cccc(C(F)(F)F)c1. The van der Waals surface area contributed by atoms with Gasteiger partial charge >= 0.3 is 12.3 Å². The number of ether oxygens (including phenoxy) is 1. The van der Waals surface area contributed by atoms with Gasteiger partial charge in [0.1, 0.15) is 19.2 Å². The molecule has 5 rings (SSSR count). The minimum atomic E-state index is -4.49. The van der Waals surface area contributed by atoms with Crippen molar-refractivity contribution in [3.8, 4) is 0 Å². The highest BCUT2D eigenvalue weighted by molar-refractivity contribution is 5.96. The van der Waals surface area contributed by atoms with Crippen molar-refractivity contribution < 1.29 is 32.3 Å². The summed E-state index contributed by atoms with van der Waals surface area (Å²) in [5.74, 6) is -0.956. The van der Waals surface area contributed by atoms with Crippen LogP contribution in [0.25, 0.3) is 6.08 Å². The summed E-state index contributed by atoms with van der Waals surface area (Å²) >= 11 is 0. The van der Waals surface area contributed by atoms with E-state index < -0.39 is 47.8 Å². The summed E-state index contributed by atoms with van der Waals surface area (Å²) < 4.78 is 44.4. The molecule has 0 bridgehead atoms. The average molecular weight is 550 g/mol. The molecular weight excluding hydrogens is 523 g/mol. The molecule has 2 heterocycles. The number of halogens is 3. The first-order valence-corrected chi connectivity index (χ1v) is 12.7. The third-order valence-corrected chi connectivity index (χ3v) is 6.96.